The largest absolute Gasteiger partial charge is 0.416 e. The van der Waals surface area contributed by atoms with Crippen LogP contribution in [-0.2, 0) is 19.0 Å². The summed E-state index contributed by atoms with van der Waals surface area (Å²) in [6.45, 7) is 2.94. The van der Waals surface area contributed by atoms with Crippen LogP contribution in [0.1, 0.15) is 30.0 Å². The molecular weight excluding hydrogens is 299 g/mol. The van der Waals surface area contributed by atoms with Gasteiger partial charge in [0.05, 0.1) is 5.56 Å². The van der Waals surface area contributed by atoms with Gasteiger partial charge in [0, 0.05) is 6.04 Å². The van der Waals surface area contributed by atoms with Gasteiger partial charge >= 0.3 is 6.18 Å². The van der Waals surface area contributed by atoms with Crippen LogP contribution >= 0.6 is 0 Å². The van der Waals surface area contributed by atoms with Crippen LogP contribution in [0.3, 0.4) is 0 Å². The van der Waals surface area contributed by atoms with E-state index in [1.165, 1.54) is 17.7 Å². The normalized spacial score (nSPS) is 13.0. The molecule has 0 radical (unpaired) electrons. The maximum atomic E-state index is 12.8. The lowest BCUT2D eigenvalue weighted by molar-refractivity contribution is -0.137. The highest BCUT2D eigenvalue weighted by Gasteiger charge is 2.30. The van der Waals surface area contributed by atoms with Crippen molar-refractivity contribution in [2.24, 2.45) is 0 Å². The van der Waals surface area contributed by atoms with Gasteiger partial charge in [-0.05, 0) is 43.0 Å². The second kappa shape index (κ2) is 8.16. The Morgan fingerprint density at radius 2 is 1.57 bits per heavy atom. The Morgan fingerprint density at radius 1 is 0.913 bits per heavy atom. The van der Waals surface area contributed by atoms with E-state index in [2.05, 4.69) is 12.2 Å². The summed E-state index contributed by atoms with van der Waals surface area (Å²) in [5.74, 6) is 0. The zero-order valence-corrected chi connectivity index (χ0v) is 13.2. The predicted molar refractivity (Wildman–Crippen MR) is 87.4 cm³/mol. The van der Waals surface area contributed by atoms with Gasteiger partial charge < -0.3 is 5.32 Å². The number of halogens is 3. The third-order valence-corrected chi connectivity index (χ3v) is 3.74. The van der Waals surface area contributed by atoms with Crippen LogP contribution in [0, 0.1) is 0 Å². The summed E-state index contributed by atoms with van der Waals surface area (Å²) in [6, 6.07) is 15.8. The molecule has 0 amide bonds. The Balaban J connectivity index is 2.11. The van der Waals surface area contributed by atoms with Gasteiger partial charge in [0.15, 0.2) is 0 Å². The highest BCUT2D eigenvalue weighted by Crippen LogP contribution is 2.29. The number of nitrogens with one attached hydrogen (secondary N) is 1. The van der Waals surface area contributed by atoms with Crippen molar-refractivity contribution in [1.29, 1.82) is 0 Å². The first kappa shape index (κ1) is 17.5. The number of rotatable bonds is 7. The molecule has 0 aromatic heterocycles. The summed E-state index contributed by atoms with van der Waals surface area (Å²) in [4.78, 5) is 0. The van der Waals surface area contributed by atoms with Crippen LogP contribution in [0.25, 0.3) is 0 Å². The monoisotopic (exact) mass is 321 g/mol. The van der Waals surface area contributed by atoms with Gasteiger partial charge in [0.25, 0.3) is 0 Å². The highest BCUT2D eigenvalue weighted by molar-refractivity contribution is 5.27. The Bertz CT molecular complexity index is 593. The van der Waals surface area contributed by atoms with Gasteiger partial charge in [-0.25, -0.2) is 0 Å². The summed E-state index contributed by atoms with van der Waals surface area (Å²) < 4.78 is 38.5. The van der Waals surface area contributed by atoms with Crippen molar-refractivity contribution in [3.05, 3.63) is 71.3 Å². The second-order valence-electron chi connectivity index (χ2n) is 5.74. The first-order valence-corrected chi connectivity index (χ1v) is 7.92. The first-order chi connectivity index (χ1) is 11.0. The SMILES string of the molecule is CCCNC(Cc1ccccc1)Cc1cccc(C(F)(F)F)c1. The van der Waals surface area contributed by atoms with Gasteiger partial charge in [-0.3, -0.25) is 0 Å². The number of hydrogen-bond acceptors (Lipinski definition) is 1. The van der Waals surface area contributed by atoms with E-state index in [1.807, 2.05) is 30.3 Å². The van der Waals surface area contributed by atoms with Crippen molar-refractivity contribution in [3.63, 3.8) is 0 Å². The van der Waals surface area contributed by atoms with Gasteiger partial charge in [0.1, 0.15) is 0 Å². The van der Waals surface area contributed by atoms with Crippen molar-refractivity contribution in [3.8, 4) is 0 Å². The average molecular weight is 321 g/mol. The molecular formula is C19H22F3N. The molecule has 0 saturated heterocycles. The highest BCUT2D eigenvalue weighted by atomic mass is 19.4. The van der Waals surface area contributed by atoms with Crippen molar-refractivity contribution < 1.29 is 13.2 Å². The molecule has 124 valence electrons. The molecule has 2 rings (SSSR count). The Hall–Kier alpha value is -1.81. The van der Waals surface area contributed by atoms with E-state index in [9.17, 15) is 13.2 Å². The maximum absolute atomic E-state index is 12.8. The number of benzene rings is 2. The molecule has 1 unspecified atom stereocenters. The fraction of sp³-hybridized carbons (Fsp3) is 0.368. The minimum atomic E-state index is -4.29. The summed E-state index contributed by atoms with van der Waals surface area (Å²) >= 11 is 0. The molecule has 0 aliphatic rings. The number of alkyl halides is 3. The quantitative estimate of drug-likeness (QED) is 0.768. The van der Waals surface area contributed by atoms with Crippen molar-refractivity contribution in [1.82, 2.24) is 5.32 Å². The van der Waals surface area contributed by atoms with E-state index < -0.39 is 11.7 Å². The lowest BCUT2D eigenvalue weighted by atomic mass is 9.97. The molecule has 0 fully saturated rings. The van der Waals surface area contributed by atoms with E-state index in [0.29, 0.717) is 12.0 Å². The molecule has 0 aliphatic carbocycles. The van der Waals surface area contributed by atoms with E-state index >= 15 is 0 Å². The molecule has 0 bridgehead atoms. The number of hydrogen-bond donors (Lipinski definition) is 1. The lowest BCUT2D eigenvalue weighted by Gasteiger charge is -2.19. The molecule has 0 saturated carbocycles. The molecule has 1 N–H and O–H groups in total. The molecule has 0 heterocycles. The molecule has 1 atom stereocenters. The maximum Gasteiger partial charge on any atom is 0.416 e. The van der Waals surface area contributed by atoms with Crippen LogP contribution in [0.4, 0.5) is 13.2 Å². The molecule has 0 spiro atoms. The smallest absolute Gasteiger partial charge is 0.313 e. The fourth-order valence-electron chi connectivity index (χ4n) is 2.62. The zero-order chi connectivity index (χ0) is 16.7. The predicted octanol–water partition coefficient (Wildman–Crippen LogP) is 4.86. The standard InChI is InChI=1S/C19H22F3N/c1-2-11-23-18(13-15-7-4-3-5-8-15)14-16-9-6-10-17(12-16)19(20,21)22/h3-10,12,18,23H,2,11,13-14H2,1H3. The minimum absolute atomic E-state index is 0.126. The molecule has 2 aromatic carbocycles. The van der Waals surface area contributed by atoms with E-state index in [-0.39, 0.29) is 6.04 Å². The molecule has 1 nitrogen and oxygen atoms in total. The van der Waals surface area contributed by atoms with Gasteiger partial charge in [-0.1, -0.05) is 55.5 Å². The van der Waals surface area contributed by atoms with Crippen LogP contribution in [0.2, 0.25) is 0 Å². The van der Waals surface area contributed by atoms with E-state index in [0.717, 1.165) is 25.5 Å². The Kier molecular flexibility index (Phi) is 6.22. The summed E-state index contributed by atoms with van der Waals surface area (Å²) in [7, 11) is 0. The second-order valence-corrected chi connectivity index (χ2v) is 5.74. The summed E-state index contributed by atoms with van der Waals surface area (Å²) in [5.41, 5.74) is 1.32. The van der Waals surface area contributed by atoms with Gasteiger partial charge in [0.2, 0.25) is 0 Å². The van der Waals surface area contributed by atoms with Crippen molar-refractivity contribution in [2.45, 2.75) is 38.4 Å². The lowest BCUT2D eigenvalue weighted by Crippen LogP contribution is -2.33. The fourth-order valence-corrected chi connectivity index (χ4v) is 2.62. The van der Waals surface area contributed by atoms with Crippen molar-refractivity contribution >= 4 is 0 Å². The van der Waals surface area contributed by atoms with Crippen molar-refractivity contribution in [2.75, 3.05) is 6.54 Å². The van der Waals surface area contributed by atoms with Gasteiger partial charge in [-0.15, -0.1) is 0 Å². The summed E-state index contributed by atoms with van der Waals surface area (Å²) in [6.07, 6.45) is -1.91. The van der Waals surface area contributed by atoms with Crippen LogP contribution in [0.5, 0.6) is 0 Å². The average Bonchev–Trinajstić information content (AvgIpc) is 2.53. The summed E-state index contributed by atoms with van der Waals surface area (Å²) in [5, 5.41) is 3.44. The topological polar surface area (TPSA) is 12.0 Å². The molecule has 23 heavy (non-hydrogen) atoms. The molecule has 0 aliphatic heterocycles. The Morgan fingerprint density at radius 3 is 2.22 bits per heavy atom. The van der Waals surface area contributed by atoms with E-state index in [1.54, 1.807) is 6.07 Å². The Labute approximate surface area is 135 Å². The minimum Gasteiger partial charge on any atom is -0.313 e. The third kappa shape index (κ3) is 5.71. The zero-order valence-electron chi connectivity index (χ0n) is 13.2. The van der Waals surface area contributed by atoms with E-state index in [4.69, 9.17) is 0 Å². The first-order valence-electron chi connectivity index (χ1n) is 7.92. The van der Waals surface area contributed by atoms with Crippen LogP contribution < -0.4 is 5.32 Å². The molecule has 4 heteroatoms. The molecule has 2 aromatic rings. The third-order valence-electron chi connectivity index (χ3n) is 3.74. The van der Waals surface area contributed by atoms with Crippen LogP contribution in [-0.4, -0.2) is 12.6 Å². The van der Waals surface area contributed by atoms with Crippen LogP contribution in [0.15, 0.2) is 54.6 Å². The van der Waals surface area contributed by atoms with Gasteiger partial charge in [-0.2, -0.15) is 13.2 Å².